The topological polar surface area (TPSA) is 90.0 Å². The highest BCUT2D eigenvalue weighted by atomic mass is 32.2. The number of nitrogens with zero attached hydrogens (tertiary/aromatic N) is 1. The fraction of sp³-hybridized carbons (Fsp3) is 0.385. The summed E-state index contributed by atoms with van der Waals surface area (Å²) in [6, 6.07) is 6.22. The van der Waals surface area contributed by atoms with Gasteiger partial charge in [-0.1, -0.05) is 19.1 Å². The lowest BCUT2D eigenvalue weighted by Gasteiger charge is -2.15. The zero-order valence-electron chi connectivity index (χ0n) is 11.4. The molecular formula is C13H15NO6S. The lowest BCUT2D eigenvalue weighted by Crippen LogP contribution is -2.31. The van der Waals surface area contributed by atoms with Crippen molar-refractivity contribution in [2.75, 3.05) is 18.2 Å². The number of esters is 1. The standard InChI is InChI=1S/C13H15NO6S/c1-2-12(15)19-10-5-3-4-6-11(10)20-13(16)14-7-8-21(17,18)9-14/h3-6H,2,7-9H2,1H3. The minimum absolute atomic E-state index is 0.0748. The molecule has 21 heavy (non-hydrogen) atoms. The summed E-state index contributed by atoms with van der Waals surface area (Å²) in [5.41, 5.74) is 0. The molecule has 0 radical (unpaired) electrons. The molecule has 0 spiro atoms. The van der Waals surface area contributed by atoms with E-state index < -0.39 is 21.9 Å². The normalized spacial score (nSPS) is 16.5. The first-order valence-electron chi connectivity index (χ1n) is 6.38. The minimum atomic E-state index is -3.23. The Balaban J connectivity index is 2.09. The molecule has 1 aliphatic rings. The molecule has 1 aromatic carbocycles. The zero-order valence-corrected chi connectivity index (χ0v) is 12.3. The second-order valence-corrected chi connectivity index (χ2v) is 6.64. The number of para-hydroxylation sites is 2. The quantitative estimate of drug-likeness (QED) is 0.615. The first-order valence-corrected chi connectivity index (χ1v) is 8.20. The monoisotopic (exact) mass is 313 g/mol. The van der Waals surface area contributed by atoms with Crippen molar-refractivity contribution in [3.8, 4) is 11.5 Å². The second-order valence-electron chi connectivity index (χ2n) is 4.48. The van der Waals surface area contributed by atoms with Crippen molar-refractivity contribution < 1.29 is 27.5 Å². The molecule has 1 aliphatic heterocycles. The van der Waals surface area contributed by atoms with Gasteiger partial charge in [-0.2, -0.15) is 0 Å². The van der Waals surface area contributed by atoms with E-state index in [2.05, 4.69) is 0 Å². The Labute approximate surface area is 122 Å². The van der Waals surface area contributed by atoms with Crippen LogP contribution in [0, 0.1) is 0 Å². The second kappa shape index (κ2) is 6.13. The Kier molecular flexibility index (Phi) is 4.46. The maximum atomic E-state index is 11.9. The van der Waals surface area contributed by atoms with Crippen LogP contribution in [-0.2, 0) is 14.6 Å². The van der Waals surface area contributed by atoms with E-state index in [-0.39, 0.29) is 36.1 Å². The number of ether oxygens (including phenoxy) is 2. The van der Waals surface area contributed by atoms with Gasteiger partial charge in [0.2, 0.25) is 0 Å². The van der Waals surface area contributed by atoms with Crippen LogP contribution in [0.1, 0.15) is 13.3 Å². The maximum Gasteiger partial charge on any atom is 0.416 e. The molecule has 114 valence electrons. The summed E-state index contributed by atoms with van der Waals surface area (Å²) < 4.78 is 32.8. The minimum Gasteiger partial charge on any atom is -0.423 e. The average molecular weight is 313 g/mol. The lowest BCUT2D eigenvalue weighted by atomic mass is 10.3. The number of hydrogen-bond donors (Lipinski definition) is 0. The third kappa shape index (κ3) is 3.94. The van der Waals surface area contributed by atoms with Crippen molar-refractivity contribution in [2.24, 2.45) is 0 Å². The van der Waals surface area contributed by atoms with Gasteiger partial charge in [0.1, 0.15) is 5.88 Å². The number of rotatable bonds is 3. The van der Waals surface area contributed by atoms with Crippen molar-refractivity contribution >= 4 is 21.9 Å². The van der Waals surface area contributed by atoms with E-state index in [0.29, 0.717) is 0 Å². The molecule has 8 heteroatoms. The van der Waals surface area contributed by atoms with Gasteiger partial charge in [0.05, 0.1) is 5.75 Å². The van der Waals surface area contributed by atoms with Gasteiger partial charge >= 0.3 is 12.1 Å². The Hall–Kier alpha value is -2.09. The number of sulfone groups is 1. The Morgan fingerprint density at radius 3 is 2.33 bits per heavy atom. The first-order chi connectivity index (χ1) is 9.91. The van der Waals surface area contributed by atoms with Crippen molar-refractivity contribution in [2.45, 2.75) is 13.3 Å². The molecular weight excluding hydrogens is 298 g/mol. The van der Waals surface area contributed by atoms with Gasteiger partial charge in [0.15, 0.2) is 21.3 Å². The predicted molar refractivity (Wildman–Crippen MR) is 73.8 cm³/mol. The zero-order chi connectivity index (χ0) is 15.5. The van der Waals surface area contributed by atoms with Gasteiger partial charge in [-0.05, 0) is 12.1 Å². The van der Waals surface area contributed by atoms with Crippen molar-refractivity contribution in [1.82, 2.24) is 4.90 Å². The molecule has 0 aromatic heterocycles. The molecule has 0 aliphatic carbocycles. The van der Waals surface area contributed by atoms with Crippen LogP contribution in [0.4, 0.5) is 4.79 Å². The van der Waals surface area contributed by atoms with Gasteiger partial charge < -0.3 is 9.47 Å². The van der Waals surface area contributed by atoms with Gasteiger partial charge in [0.25, 0.3) is 0 Å². The van der Waals surface area contributed by atoms with E-state index in [1.165, 1.54) is 12.1 Å². The van der Waals surface area contributed by atoms with Crippen molar-refractivity contribution in [3.63, 3.8) is 0 Å². The number of carbonyl (C=O) groups is 2. The highest BCUT2D eigenvalue weighted by Gasteiger charge is 2.31. The van der Waals surface area contributed by atoms with E-state index in [9.17, 15) is 18.0 Å². The van der Waals surface area contributed by atoms with E-state index in [4.69, 9.17) is 9.47 Å². The summed E-state index contributed by atoms with van der Waals surface area (Å²) in [5, 5.41) is 0. The van der Waals surface area contributed by atoms with Gasteiger partial charge in [-0.3, -0.25) is 9.69 Å². The fourth-order valence-corrected chi connectivity index (χ4v) is 3.07. The van der Waals surface area contributed by atoms with E-state index in [1.54, 1.807) is 19.1 Å². The highest BCUT2D eigenvalue weighted by Crippen LogP contribution is 2.27. The molecule has 1 fully saturated rings. The van der Waals surface area contributed by atoms with E-state index in [0.717, 1.165) is 4.90 Å². The highest BCUT2D eigenvalue weighted by molar-refractivity contribution is 7.91. The molecule has 0 saturated carbocycles. The van der Waals surface area contributed by atoms with Gasteiger partial charge in [0, 0.05) is 13.0 Å². The fourth-order valence-electron chi connectivity index (χ4n) is 1.73. The summed E-state index contributed by atoms with van der Waals surface area (Å²) >= 11 is 0. The van der Waals surface area contributed by atoms with Gasteiger partial charge in [-0.15, -0.1) is 0 Å². The summed E-state index contributed by atoms with van der Waals surface area (Å²) in [7, 11) is -3.23. The molecule has 1 heterocycles. The van der Waals surface area contributed by atoms with Gasteiger partial charge in [-0.25, -0.2) is 13.2 Å². The third-order valence-electron chi connectivity index (χ3n) is 2.84. The Morgan fingerprint density at radius 2 is 1.81 bits per heavy atom. The molecule has 0 atom stereocenters. The summed E-state index contributed by atoms with van der Waals surface area (Å²) in [6.45, 7) is 1.74. The predicted octanol–water partition coefficient (Wildman–Crippen LogP) is 1.19. The number of amides is 1. The Morgan fingerprint density at radius 1 is 1.19 bits per heavy atom. The van der Waals surface area contributed by atoms with Crippen LogP contribution in [0.25, 0.3) is 0 Å². The number of benzene rings is 1. The average Bonchev–Trinajstić information content (AvgIpc) is 2.81. The third-order valence-corrected chi connectivity index (χ3v) is 4.35. The first kappa shape index (κ1) is 15.3. The lowest BCUT2D eigenvalue weighted by molar-refractivity contribution is -0.134. The van der Waals surface area contributed by atoms with Crippen molar-refractivity contribution in [3.05, 3.63) is 24.3 Å². The van der Waals surface area contributed by atoms with Crippen molar-refractivity contribution in [1.29, 1.82) is 0 Å². The maximum absolute atomic E-state index is 11.9. The van der Waals surface area contributed by atoms with Crippen LogP contribution >= 0.6 is 0 Å². The van der Waals surface area contributed by atoms with Crippen LogP contribution in [-0.4, -0.2) is 43.6 Å². The molecule has 2 rings (SSSR count). The molecule has 7 nitrogen and oxygen atoms in total. The smallest absolute Gasteiger partial charge is 0.416 e. The van der Waals surface area contributed by atoms with Crippen LogP contribution in [0.3, 0.4) is 0 Å². The number of hydrogen-bond acceptors (Lipinski definition) is 6. The van der Waals surface area contributed by atoms with Crippen LogP contribution in [0.2, 0.25) is 0 Å². The molecule has 1 saturated heterocycles. The molecule has 1 aromatic rings. The molecule has 0 unspecified atom stereocenters. The molecule has 0 N–H and O–H groups in total. The van der Waals surface area contributed by atoms with E-state index >= 15 is 0 Å². The molecule has 0 bridgehead atoms. The van der Waals surface area contributed by atoms with Crippen LogP contribution < -0.4 is 9.47 Å². The van der Waals surface area contributed by atoms with Crippen LogP contribution in [0.5, 0.6) is 11.5 Å². The van der Waals surface area contributed by atoms with Crippen LogP contribution in [0.15, 0.2) is 24.3 Å². The number of carbonyl (C=O) groups excluding carboxylic acids is 2. The summed E-state index contributed by atoms with van der Waals surface area (Å²) in [6.07, 6.45) is -0.594. The Bertz CT molecular complexity index is 654. The summed E-state index contributed by atoms with van der Waals surface area (Å²) in [5.74, 6) is -0.687. The SMILES string of the molecule is CCC(=O)Oc1ccccc1OC(=O)N1CCS(=O)(=O)C1. The van der Waals surface area contributed by atoms with E-state index in [1.807, 2.05) is 0 Å². The molecule has 1 amide bonds. The largest absolute Gasteiger partial charge is 0.423 e. The summed E-state index contributed by atoms with van der Waals surface area (Å²) in [4.78, 5) is 24.3.